The van der Waals surface area contributed by atoms with Crippen LogP contribution in [0.2, 0.25) is 0 Å². The Labute approximate surface area is 152 Å². The van der Waals surface area contributed by atoms with Crippen molar-refractivity contribution in [1.82, 2.24) is 4.72 Å². The molecule has 0 saturated heterocycles. The largest absolute Gasteiger partial charge is 0.326 e. The van der Waals surface area contributed by atoms with Crippen molar-refractivity contribution in [3.63, 3.8) is 0 Å². The Morgan fingerprint density at radius 3 is 2.23 bits per heavy atom. The summed E-state index contributed by atoms with van der Waals surface area (Å²) in [7, 11) is -3.80. The van der Waals surface area contributed by atoms with Crippen molar-refractivity contribution in [1.29, 1.82) is 0 Å². The van der Waals surface area contributed by atoms with E-state index >= 15 is 0 Å². The zero-order valence-electron chi connectivity index (χ0n) is 14.1. The first kappa shape index (κ1) is 18.3. The van der Waals surface area contributed by atoms with Crippen molar-refractivity contribution in [2.75, 3.05) is 0 Å². The fourth-order valence-electron chi connectivity index (χ4n) is 2.78. The van der Waals surface area contributed by atoms with Crippen molar-refractivity contribution in [2.45, 2.75) is 23.9 Å². The molecule has 0 heterocycles. The second-order valence-corrected chi connectivity index (χ2v) is 7.81. The molecule has 3 rings (SSSR count). The number of hydrogen-bond acceptors (Lipinski definition) is 4. The van der Waals surface area contributed by atoms with Crippen LogP contribution in [0.4, 0.5) is 0 Å². The lowest BCUT2D eigenvalue weighted by atomic mass is 10.1. The van der Waals surface area contributed by atoms with Crippen LogP contribution in [0.1, 0.15) is 11.1 Å². The van der Waals surface area contributed by atoms with Gasteiger partial charge in [0.05, 0.1) is 10.9 Å². The van der Waals surface area contributed by atoms with Gasteiger partial charge in [0.15, 0.2) is 0 Å². The van der Waals surface area contributed by atoms with Gasteiger partial charge in [-0.15, -0.1) is 0 Å². The number of sulfonamides is 1. The van der Waals surface area contributed by atoms with Crippen LogP contribution in [0.3, 0.4) is 0 Å². The molecule has 0 aromatic heterocycles. The van der Waals surface area contributed by atoms with E-state index in [1.54, 1.807) is 18.2 Å². The third-order valence-corrected chi connectivity index (χ3v) is 5.70. The van der Waals surface area contributed by atoms with Gasteiger partial charge in [0.25, 0.3) is 0 Å². The number of aldehydes is 1. The first-order chi connectivity index (χ1) is 12.5. The lowest BCUT2D eigenvalue weighted by Gasteiger charge is -2.14. The lowest BCUT2D eigenvalue weighted by molar-refractivity contribution is -0.109. The second kappa shape index (κ2) is 7.78. The van der Waals surface area contributed by atoms with E-state index in [-0.39, 0.29) is 11.3 Å². The summed E-state index contributed by atoms with van der Waals surface area (Å²) in [6.07, 6.45) is 0.899. The van der Waals surface area contributed by atoms with Gasteiger partial charge in [-0.25, -0.2) is 13.1 Å². The molecule has 0 radical (unpaired) electrons. The second-order valence-electron chi connectivity index (χ2n) is 6.10. The van der Waals surface area contributed by atoms with Gasteiger partial charge >= 0.3 is 0 Å². The van der Waals surface area contributed by atoms with E-state index in [0.29, 0.717) is 12.8 Å². The molecular weight excluding hydrogens is 348 g/mol. The summed E-state index contributed by atoms with van der Waals surface area (Å²) < 4.78 is 27.8. The number of hydrogen-bond donors (Lipinski definition) is 2. The van der Waals surface area contributed by atoms with Gasteiger partial charge in [0.2, 0.25) is 10.0 Å². The van der Waals surface area contributed by atoms with Crippen LogP contribution in [0, 0.1) is 0 Å². The van der Waals surface area contributed by atoms with E-state index in [9.17, 15) is 13.2 Å². The first-order valence-corrected chi connectivity index (χ1v) is 9.74. The Bertz CT molecular complexity index is 1010. The van der Waals surface area contributed by atoms with Crippen molar-refractivity contribution in [2.24, 2.45) is 5.73 Å². The third kappa shape index (κ3) is 4.16. The maximum atomic E-state index is 12.6. The average molecular weight is 368 g/mol. The smallest absolute Gasteiger partial charge is 0.241 e. The molecule has 0 aliphatic carbocycles. The fraction of sp³-hybridized carbons (Fsp3) is 0.150. The minimum Gasteiger partial charge on any atom is -0.326 e. The Balaban J connectivity index is 1.79. The molecule has 0 saturated carbocycles. The molecule has 0 aliphatic heterocycles. The molecule has 1 atom stereocenters. The van der Waals surface area contributed by atoms with E-state index in [4.69, 9.17) is 5.73 Å². The van der Waals surface area contributed by atoms with Crippen LogP contribution < -0.4 is 10.5 Å². The molecule has 0 spiro atoms. The van der Waals surface area contributed by atoms with E-state index in [1.165, 1.54) is 0 Å². The van der Waals surface area contributed by atoms with E-state index < -0.39 is 16.1 Å². The summed E-state index contributed by atoms with van der Waals surface area (Å²) in [5.74, 6) is 0. The number of nitrogens with two attached hydrogens (primary N) is 1. The molecule has 0 bridgehead atoms. The van der Waals surface area contributed by atoms with Crippen LogP contribution in [0.25, 0.3) is 10.8 Å². The number of carbonyl (C=O) groups excluding carboxylic acids is 1. The summed E-state index contributed by atoms with van der Waals surface area (Å²) >= 11 is 0. The van der Waals surface area contributed by atoms with Gasteiger partial charge < -0.3 is 10.5 Å². The highest BCUT2D eigenvalue weighted by Gasteiger charge is 2.20. The van der Waals surface area contributed by atoms with Crippen LogP contribution in [-0.4, -0.2) is 20.7 Å². The van der Waals surface area contributed by atoms with Crippen molar-refractivity contribution in [3.8, 4) is 0 Å². The molecule has 0 aliphatic rings. The highest BCUT2D eigenvalue weighted by atomic mass is 32.2. The zero-order valence-corrected chi connectivity index (χ0v) is 14.9. The summed E-state index contributed by atoms with van der Waals surface area (Å²) in [4.78, 5) is 11.5. The number of nitrogens with one attached hydrogen (secondary N) is 1. The SMILES string of the molecule is NCc1ccc(C[C@@H](C=O)NS(=O)(=O)c2ccc3ccccc3c2)cc1. The van der Waals surface area contributed by atoms with Gasteiger partial charge in [-0.05, 0) is 40.5 Å². The Hall–Kier alpha value is -2.54. The quantitative estimate of drug-likeness (QED) is 0.627. The molecule has 3 aromatic rings. The summed E-state index contributed by atoms with van der Waals surface area (Å²) in [6, 6.07) is 19.0. The fourth-order valence-corrected chi connectivity index (χ4v) is 3.99. The van der Waals surface area contributed by atoms with Gasteiger partial charge in [-0.3, -0.25) is 0 Å². The van der Waals surface area contributed by atoms with Gasteiger partial charge in [0, 0.05) is 6.54 Å². The molecule has 3 aromatic carbocycles. The molecule has 6 heteroatoms. The summed E-state index contributed by atoms with van der Waals surface area (Å²) in [5.41, 5.74) is 7.41. The van der Waals surface area contributed by atoms with E-state index in [2.05, 4.69) is 4.72 Å². The minimum atomic E-state index is -3.80. The zero-order chi connectivity index (χ0) is 18.6. The summed E-state index contributed by atoms with van der Waals surface area (Å²) in [5, 5.41) is 1.79. The summed E-state index contributed by atoms with van der Waals surface area (Å²) in [6.45, 7) is 0.436. The van der Waals surface area contributed by atoms with Crippen LogP contribution in [-0.2, 0) is 27.8 Å². The topological polar surface area (TPSA) is 89.3 Å². The molecular formula is C20H20N2O3S. The molecule has 0 unspecified atom stereocenters. The molecule has 0 amide bonds. The van der Waals surface area contributed by atoms with Crippen molar-refractivity contribution in [3.05, 3.63) is 77.9 Å². The standard InChI is InChI=1S/C20H20N2O3S/c21-13-16-7-5-15(6-8-16)11-19(14-23)22-26(24,25)20-10-9-17-3-1-2-4-18(17)12-20/h1-10,12,14,19,22H,11,13,21H2/t19-/m0/s1. The normalized spacial score (nSPS) is 12.8. The predicted molar refractivity (Wildman–Crippen MR) is 102 cm³/mol. The van der Waals surface area contributed by atoms with Crippen LogP contribution in [0.5, 0.6) is 0 Å². The highest BCUT2D eigenvalue weighted by Crippen LogP contribution is 2.19. The molecule has 0 fully saturated rings. The predicted octanol–water partition coefficient (Wildman–Crippen LogP) is 2.39. The van der Waals surface area contributed by atoms with Gasteiger partial charge in [-0.2, -0.15) is 0 Å². The molecule has 3 N–H and O–H groups in total. The van der Waals surface area contributed by atoms with E-state index in [0.717, 1.165) is 21.9 Å². The van der Waals surface area contributed by atoms with Crippen molar-refractivity contribution < 1.29 is 13.2 Å². The first-order valence-electron chi connectivity index (χ1n) is 8.26. The maximum Gasteiger partial charge on any atom is 0.241 e. The Kier molecular flexibility index (Phi) is 5.46. The molecule has 5 nitrogen and oxygen atoms in total. The Morgan fingerprint density at radius 1 is 0.923 bits per heavy atom. The number of benzene rings is 3. The Morgan fingerprint density at radius 2 is 1.58 bits per heavy atom. The number of fused-ring (bicyclic) bond motifs is 1. The number of carbonyl (C=O) groups is 1. The highest BCUT2D eigenvalue weighted by molar-refractivity contribution is 7.89. The van der Waals surface area contributed by atoms with Crippen molar-refractivity contribution >= 4 is 27.1 Å². The number of rotatable bonds is 7. The molecule has 134 valence electrons. The van der Waals surface area contributed by atoms with Gasteiger partial charge in [0.1, 0.15) is 6.29 Å². The average Bonchev–Trinajstić information content (AvgIpc) is 2.67. The van der Waals surface area contributed by atoms with Gasteiger partial charge in [-0.1, -0.05) is 54.6 Å². The minimum absolute atomic E-state index is 0.140. The monoisotopic (exact) mass is 368 g/mol. The molecule has 26 heavy (non-hydrogen) atoms. The lowest BCUT2D eigenvalue weighted by Crippen LogP contribution is -2.37. The van der Waals surface area contributed by atoms with Crippen LogP contribution in [0.15, 0.2) is 71.6 Å². The maximum absolute atomic E-state index is 12.6. The van der Waals surface area contributed by atoms with E-state index in [1.807, 2.05) is 48.5 Å². The third-order valence-electron chi connectivity index (χ3n) is 4.22. The van der Waals surface area contributed by atoms with Crippen LogP contribution >= 0.6 is 0 Å².